The Labute approximate surface area is 132 Å². The number of aliphatic carboxylic acids is 1. The van der Waals surface area contributed by atoms with Crippen LogP contribution in [0, 0.1) is 0 Å². The number of hydrogen-bond acceptors (Lipinski definition) is 3. The van der Waals surface area contributed by atoms with Gasteiger partial charge in [-0.15, -0.1) is 0 Å². The van der Waals surface area contributed by atoms with Crippen molar-refractivity contribution in [2.24, 2.45) is 0 Å². The van der Waals surface area contributed by atoms with E-state index in [1.54, 1.807) is 12.1 Å². The number of nitrogens with one attached hydrogen (secondary N) is 1. The average Bonchev–Trinajstić information content (AvgIpc) is 2.52. The molecular formula is C17H26N2O3. The van der Waals surface area contributed by atoms with Crippen LogP contribution >= 0.6 is 0 Å². The van der Waals surface area contributed by atoms with Crippen LogP contribution < -0.4 is 10.2 Å². The molecule has 0 fully saturated rings. The van der Waals surface area contributed by atoms with Crippen LogP contribution in [0.4, 0.5) is 5.69 Å². The van der Waals surface area contributed by atoms with Gasteiger partial charge in [0.05, 0.1) is 0 Å². The average molecular weight is 306 g/mol. The highest BCUT2D eigenvalue weighted by Crippen LogP contribution is 2.15. The lowest BCUT2D eigenvalue weighted by atomic mass is 10.1. The Morgan fingerprint density at radius 1 is 1.14 bits per heavy atom. The molecule has 0 aromatic heterocycles. The minimum atomic E-state index is -0.985. The van der Waals surface area contributed by atoms with Crippen LogP contribution in [-0.4, -0.2) is 36.1 Å². The quantitative estimate of drug-likeness (QED) is 0.736. The molecule has 5 heteroatoms. The second kappa shape index (κ2) is 9.07. The molecule has 1 amide bonds. The van der Waals surface area contributed by atoms with E-state index >= 15 is 0 Å². The van der Waals surface area contributed by atoms with Gasteiger partial charge in [-0.3, -0.25) is 4.79 Å². The van der Waals surface area contributed by atoms with Gasteiger partial charge in [0.1, 0.15) is 6.04 Å². The Morgan fingerprint density at radius 2 is 1.73 bits per heavy atom. The van der Waals surface area contributed by atoms with Crippen LogP contribution in [0.3, 0.4) is 0 Å². The van der Waals surface area contributed by atoms with Gasteiger partial charge in [0.2, 0.25) is 0 Å². The Morgan fingerprint density at radius 3 is 2.18 bits per heavy atom. The SMILES string of the molecule is CCCCC(NC(=O)c1ccc(N(CC)CC)cc1)C(=O)O. The summed E-state index contributed by atoms with van der Waals surface area (Å²) in [6.07, 6.45) is 2.13. The number of carbonyl (C=O) groups excluding carboxylic acids is 1. The van der Waals surface area contributed by atoms with Gasteiger partial charge in [-0.25, -0.2) is 4.79 Å². The number of carboxylic acids is 1. The molecule has 0 spiro atoms. The van der Waals surface area contributed by atoms with Gasteiger partial charge in [0, 0.05) is 24.3 Å². The maximum absolute atomic E-state index is 12.2. The van der Waals surface area contributed by atoms with E-state index in [-0.39, 0.29) is 5.91 Å². The number of anilines is 1. The molecule has 0 heterocycles. The van der Waals surface area contributed by atoms with Crippen molar-refractivity contribution in [1.29, 1.82) is 0 Å². The topological polar surface area (TPSA) is 69.6 Å². The minimum Gasteiger partial charge on any atom is -0.480 e. The van der Waals surface area contributed by atoms with Crippen molar-refractivity contribution in [3.63, 3.8) is 0 Å². The summed E-state index contributed by atoms with van der Waals surface area (Å²) in [7, 11) is 0. The molecule has 1 rings (SSSR count). The van der Waals surface area contributed by atoms with Crippen molar-refractivity contribution < 1.29 is 14.7 Å². The van der Waals surface area contributed by atoms with Crippen LogP contribution in [0.5, 0.6) is 0 Å². The number of hydrogen-bond donors (Lipinski definition) is 2. The third-order valence-electron chi connectivity index (χ3n) is 3.71. The van der Waals surface area contributed by atoms with E-state index in [4.69, 9.17) is 5.11 Å². The highest BCUT2D eigenvalue weighted by molar-refractivity contribution is 5.96. The number of carboxylic acid groups (broad SMARTS) is 1. The number of nitrogens with zero attached hydrogens (tertiary/aromatic N) is 1. The second-order valence-corrected chi connectivity index (χ2v) is 5.23. The zero-order valence-electron chi connectivity index (χ0n) is 13.6. The van der Waals surface area contributed by atoms with E-state index in [0.717, 1.165) is 31.6 Å². The summed E-state index contributed by atoms with van der Waals surface area (Å²) in [6.45, 7) is 7.96. The first-order valence-corrected chi connectivity index (χ1v) is 7.92. The predicted octanol–water partition coefficient (Wildman–Crippen LogP) is 2.91. The zero-order valence-corrected chi connectivity index (χ0v) is 13.6. The van der Waals surface area contributed by atoms with Crippen molar-refractivity contribution >= 4 is 17.6 Å². The smallest absolute Gasteiger partial charge is 0.326 e. The summed E-state index contributed by atoms with van der Waals surface area (Å²) in [6, 6.07) is 6.44. The van der Waals surface area contributed by atoms with Crippen LogP contribution in [0.15, 0.2) is 24.3 Å². The van der Waals surface area contributed by atoms with E-state index in [2.05, 4.69) is 24.1 Å². The fourth-order valence-electron chi connectivity index (χ4n) is 2.32. The van der Waals surface area contributed by atoms with Gasteiger partial charge in [-0.2, -0.15) is 0 Å². The van der Waals surface area contributed by atoms with Gasteiger partial charge < -0.3 is 15.3 Å². The predicted molar refractivity (Wildman–Crippen MR) is 88.4 cm³/mol. The van der Waals surface area contributed by atoms with Crippen molar-refractivity contribution in [2.75, 3.05) is 18.0 Å². The zero-order chi connectivity index (χ0) is 16.5. The molecule has 1 aromatic carbocycles. The molecule has 0 radical (unpaired) electrons. The summed E-state index contributed by atoms with van der Waals surface area (Å²) in [5.41, 5.74) is 1.54. The van der Waals surface area contributed by atoms with E-state index < -0.39 is 12.0 Å². The third-order valence-corrected chi connectivity index (χ3v) is 3.71. The first-order valence-electron chi connectivity index (χ1n) is 7.92. The number of benzene rings is 1. The first kappa shape index (κ1) is 18.0. The standard InChI is InChI=1S/C17H26N2O3/c1-4-7-8-15(17(21)22)18-16(20)13-9-11-14(12-10-13)19(5-2)6-3/h9-12,15H,4-8H2,1-3H3,(H,18,20)(H,21,22). The molecule has 0 aliphatic carbocycles. The molecule has 0 aliphatic heterocycles. The molecule has 0 aliphatic rings. The Bertz CT molecular complexity index is 481. The van der Waals surface area contributed by atoms with Gasteiger partial charge >= 0.3 is 5.97 Å². The van der Waals surface area contributed by atoms with Crippen LogP contribution in [0.25, 0.3) is 0 Å². The lowest BCUT2D eigenvalue weighted by molar-refractivity contribution is -0.139. The molecular weight excluding hydrogens is 280 g/mol. The lowest BCUT2D eigenvalue weighted by Crippen LogP contribution is -2.40. The fraction of sp³-hybridized carbons (Fsp3) is 0.529. The maximum Gasteiger partial charge on any atom is 0.326 e. The number of unbranched alkanes of at least 4 members (excludes halogenated alkanes) is 1. The van der Waals surface area contributed by atoms with Gasteiger partial charge in [0.15, 0.2) is 0 Å². The van der Waals surface area contributed by atoms with Crippen LogP contribution in [0.2, 0.25) is 0 Å². The van der Waals surface area contributed by atoms with Crippen molar-refractivity contribution in [1.82, 2.24) is 5.32 Å². The minimum absolute atomic E-state index is 0.338. The van der Waals surface area contributed by atoms with Crippen LogP contribution in [-0.2, 0) is 4.79 Å². The first-order chi connectivity index (χ1) is 10.5. The molecule has 1 atom stereocenters. The van der Waals surface area contributed by atoms with E-state index in [0.29, 0.717) is 12.0 Å². The van der Waals surface area contributed by atoms with E-state index in [1.807, 2.05) is 19.1 Å². The summed E-state index contributed by atoms with van der Waals surface area (Å²) >= 11 is 0. The Hall–Kier alpha value is -2.04. The summed E-state index contributed by atoms with van der Waals surface area (Å²) in [5, 5.41) is 11.7. The highest BCUT2D eigenvalue weighted by atomic mass is 16.4. The fourth-order valence-corrected chi connectivity index (χ4v) is 2.32. The third kappa shape index (κ3) is 5.06. The molecule has 1 aromatic rings. The van der Waals surface area contributed by atoms with Crippen LogP contribution in [0.1, 0.15) is 50.4 Å². The molecule has 1 unspecified atom stereocenters. The molecule has 122 valence electrons. The van der Waals surface area contributed by atoms with E-state index in [9.17, 15) is 9.59 Å². The lowest BCUT2D eigenvalue weighted by Gasteiger charge is -2.21. The Balaban J connectivity index is 2.74. The maximum atomic E-state index is 12.2. The number of rotatable bonds is 9. The summed E-state index contributed by atoms with van der Waals surface area (Å²) in [4.78, 5) is 25.5. The highest BCUT2D eigenvalue weighted by Gasteiger charge is 2.20. The molecule has 22 heavy (non-hydrogen) atoms. The van der Waals surface area contributed by atoms with Gasteiger partial charge in [0.25, 0.3) is 5.91 Å². The van der Waals surface area contributed by atoms with Crippen molar-refractivity contribution in [3.8, 4) is 0 Å². The summed E-state index contributed by atoms with van der Waals surface area (Å²) in [5.74, 6) is -1.32. The van der Waals surface area contributed by atoms with Crippen molar-refractivity contribution in [3.05, 3.63) is 29.8 Å². The summed E-state index contributed by atoms with van der Waals surface area (Å²) < 4.78 is 0. The largest absolute Gasteiger partial charge is 0.480 e. The Kier molecular flexibility index (Phi) is 7.43. The van der Waals surface area contributed by atoms with E-state index in [1.165, 1.54) is 0 Å². The van der Waals surface area contributed by atoms with Crippen molar-refractivity contribution in [2.45, 2.75) is 46.1 Å². The molecule has 5 nitrogen and oxygen atoms in total. The van der Waals surface area contributed by atoms with Gasteiger partial charge in [-0.1, -0.05) is 19.8 Å². The molecule has 0 bridgehead atoms. The molecule has 0 saturated carbocycles. The van der Waals surface area contributed by atoms with Gasteiger partial charge in [-0.05, 0) is 44.5 Å². The number of amides is 1. The molecule has 2 N–H and O–H groups in total. The molecule has 0 saturated heterocycles. The normalized spacial score (nSPS) is 11.8. The number of carbonyl (C=O) groups is 2. The monoisotopic (exact) mass is 306 g/mol. The second-order valence-electron chi connectivity index (χ2n) is 5.23.